The van der Waals surface area contributed by atoms with Crippen LogP contribution in [0.3, 0.4) is 0 Å². The van der Waals surface area contributed by atoms with Gasteiger partial charge >= 0.3 is 0 Å². The summed E-state index contributed by atoms with van der Waals surface area (Å²) in [7, 11) is 4.79. The van der Waals surface area contributed by atoms with Crippen molar-refractivity contribution in [1.82, 2.24) is 0 Å². The standard InChI is InChI=1S/C18H17IO6/c1-20-15-4-10(5-16(21-2)17(15)22-3)18(8-25-18)11-6-13-14(7-12(11)19)24-9-23-13/h4-7H,8-9H2,1-3H3. The molecule has 132 valence electrons. The van der Waals surface area contributed by atoms with Crippen LogP contribution in [-0.4, -0.2) is 34.7 Å². The van der Waals surface area contributed by atoms with Gasteiger partial charge in [0.15, 0.2) is 23.0 Å². The zero-order valence-electron chi connectivity index (χ0n) is 14.1. The van der Waals surface area contributed by atoms with Crippen LogP contribution in [0.5, 0.6) is 28.7 Å². The Bertz CT molecular complexity index is 806. The van der Waals surface area contributed by atoms with Crippen LogP contribution in [0.25, 0.3) is 0 Å². The van der Waals surface area contributed by atoms with Crippen molar-refractivity contribution >= 4 is 22.6 Å². The summed E-state index contributed by atoms with van der Waals surface area (Å²) >= 11 is 2.29. The van der Waals surface area contributed by atoms with Crippen molar-refractivity contribution in [3.63, 3.8) is 0 Å². The van der Waals surface area contributed by atoms with Gasteiger partial charge in [-0.25, -0.2) is 0 Å². The summed E-state index contributed by atoms with van der Waals surface area (Å²) in [6.45, 7) is 0.814. The van der Waals surface area contributed by atoms with E-state index >= 15 is 0 Å². The van der Waals surface area contributed by atoms with Crippen molar-refractivity contribution in [2.24, 2.45) is 0 Å². The number of halogens is 1. The fourth-order valence-electron chi connectivity index (χ4n) is 3.09. The topological polar surface area (TPSA) is 58.7 Å². The van der Waals surface area contributed by atoms with Crippen LogP contribution in [0, 0.1) is 3.57 Å². The van der Waals surface area contributed by atoms with Gasteiger partial charge in [0.05, 0.1) is 27.9 Å². The van der Waals surface area contributed by atoms with Crippen LogP contribution in [0.2, 0.25) is 0 Å². The fraction of sp³-hybridized carbons (Fsp3) is 0.333. The first-order valence-corrected chi connectivity index (χ1v) is 8.75. The van der Waals surface area contributed by atoms with Crippen molar-refractivity contribution < 1.29 is 28.4 Å². The van der Waals surface area contributed by atoms with Gasteiger partial charge in [-0.1, -0.05) is 0 Å². The number of rotatable bonds is 5. The fourth-order valence-corrected chi connectivity index (χ4v) is 3.96. The van der Waals surface area contributed by atoms with Gasteiger partial charge in [0.1, 0.15) is 5.60 Å². The number of hydrogen-bond donors (Lipinski definition) is 0. The molecule has 0 bridgehead atoms. The third-order valence-corrected chi connectivity index (χ3v) is 5.35. The molecule has 0 radical (unpaired) electrons. The molecule has 25 heavy (non-hydrogen) atoms. The van der Waals surface area contributed by atoms with Crippen LogP contribution in [-0.2, 0) is 10.3 Å². The van der Waals surface area contributed by atoms with Crippen LogP contribution >= 0.6 is 22.6 Å². The first-order chi connectivity index (χ1) is 12.1. The lowest BCUT2D eigenvalue weighted by Gasteiger charge is -2.19. The highest BCUT2D eigenvalue weighted by Gasteiger charge is 2.51. The third kappa shape index (κ3) is 2.56. The van der Waals surface area contributed by atoms with Gasteiger partial charge < -0.3 is 28.4 Å². The quantitative estimate of drug-likeness (QED) is 0.509. The van der Waals surface area contributed by atoms with Gasteiger partial charge in [-0.3, -0.25) is 0 Å². The van der Waals surface area contributed by atoms with Crippen molar-refractivity contribution in [3.05, 3.63) is 39.0 Å². The maximum Gasteiger partial charge on any atom is 0.231 e. The Morgan fingerprint density at radius 2 is 1.52 bits per heavy atom. The maximum absolute atomic E-state index is 5.93. The predicted octanol–water partition coefficient (Wildman–Crippen LogP) is 3.32. The van der Waals surface area contributed by atoms with Crippen LogP contribution in [0.15, 0.2) is 24.3 Å². The second-order valence-corrected chi connectivity index (χ2v) is 6.88. The second-order valence-electron chi connectivity index (χ2n) is 5.72. The molecular formula is C18H17IO6. The molecule has 7 heteroatoms. The van der Waals surface area contributed by atoms with Crippen molar-refractivity contribution in [2.75, 3.05) is 34.7 Å². The highest BCUT2D eigenvalue weighted by Crippen LogP contribution is 2.52. The Morgan fingerprint density at radius 3 is 2.04 bits per heavy atom. The van der Waals surface area contributed by atoms with E-state index in [1.807, 2.05) is 24.3 Å². The van der Waals surface area contributed by atoms with E-state index in [1.165, 1.54) is 0 Å². The average Bonchev–Trinajstić information content (AvgIpc) is 3.32. The Balaban J connectivity index is 1.85. The number of methoxy groups -OCH3 is 3. The van der Waals surface area contributed by atoms with Gasteiger partial charge in [0.25, 0.3) is 0 Å². The molecule has 6 nitrogen and oxygen atoms in total. The average molecular weight is 456 g/mol. The zero-order valence-corrected chi connectivity index (χ0v) is 16.2. The molecule has 2 aliphatic rings. The molecule has 1 fully saturated rings. The van der Waals surface area contributed by atoms with Crippen LogP contribution in [0.4, 0.5) is 0 Å². The second kappa shape index (κ2) is 6.14. The first kappa shape index (κ1) is 16.6. The molecule has 0 spiro atoms. The molecule has 0 amide bonds. The maximum atomic E-state index is 5.93. The van der Waals surface area contributed by atoms with E-state index in [4.69, 9.17) is 28.4 Å². The summed E-state index contributed by atoms with van der Waals surface area (Å²) in [5.74, 6) is 3.25. The van der Waals surface area contributed by atoms with E-state index in [0.29, 0.717) is 23.9 Å². The summed E-state index contributed by atoms with van der Waals surface area (Å²) in [6, 6.07) is 7.81. The summed E-state index contributed by atoms with van der Waals surface area (Å²) < 4.78 is 34.3. The molecule has 2 heterocycles. The van der Waals surface area contributed by atoms with E-state index in [1.54, 1.807) is 21.3 Å². The molecule has 2 aromatic carbocycles. The molecule has 0 aliphatic carbocycles. The molecule has 2 aliphatic heterocycles. The van der Waals surface area contributed by atoms with Gasteiger partial charge in [-0.15, -0.1) is 0 Å². The minimum atomic E-state index is -0.551. The Morgan fingerprint density at radius 1 is 0.920 bits per heavy atom. The number of ether oxygens (including phenoxy) is 6. The van der Waals surface area contributed by atoms with Gasteiger partial charge in [-0.05, 0) is 52.4 Å². The van der Waals surface area contributed by atoms with E-state index in [0.717, 1.165) is 26.2 Å². The largest absolute Gasteiger partial charge is 0.493 e. The van der Waals surface area contributed by atoms with E-state index in [9.17, 15) is 0 Å². The Kier molecular flexibility index (Phi) is 4.07. The monoisotopic (exact) mass is 456 g/mol. The normalized spacial score (nSPS) is 20.3. The first-order valence-electron chi connectivity index (χ1n) is 7.67. The SMILES string of the molecule is COc1cc(C2(c3cc4c(cc3I)OCO4)CO2)cc(OC)c1OC. The van der Waals surface area contributed by atoms with E-state index in [-0.39, 0.29) is 6.79 Å². The highest BCUT2D eigenvalue weighted by atomic mass is 127. The number of hydrogen-bond acceptors (Lipinski definition) is 6. The Labute approximate surface area is 159 Å². The smallest absolute Gasteiger partial charge is 0.231 e. The molecule has 1 unspecified atom stereocenters. The minimum absolute atomic E-state index is 0.243. The molecule has 1 atom stereocenters. The molecule has 1 saturated heterocycles. The van der Waals surface area contributed by atoms with Crippen LogP contribution < -0.4 is 23.7 Å². The summed E-state index contributed by atoms with van der Waals surface area (Å²) in [5, 5.41) is 0. The molecule has 2 aromatic rings. The summed E-state index contributed by atoms with van der Waals surface area (Å²) in [5.41, 5.74) is 1.43. The summed E-state index contributed by atoms with van der Waals surface area (Å²) in [4.78, 5) is 0. The number of epoxide rings is 1. The zero-order chi connectivity index (χ0) is 17.6. The predicted molar refractivity (Wildman–Crippen MR) is 98.1 cm³/mol. The highest BCUT2D eigenvalue weighted by molar-refractivity contribution is 14.1. The summed E-state index contributed by atoms with van der Waals surface area (Å²) in [6.07, 6.45) is 0. The number of benzene rings is 2. The Hall–Kier alpha value is -1.87. The minimum Gasteiger partial charge on any atom is -0.493 e. The van der Waals surface area contributed by atoms with Gasteiger partial charge in [0, 0.05) is 9.13 Å². The molecule has 0 N–H and O–H groups in total. The third-order valence-electron chi connectivity index (χ3n) is 4.46. The molecular weight excluding hydrogens is 439 g/mol. The number of fused-ring (bicyclic) bond motifs is 1. The van der Waals surface area contributed by atoms with Gasteiger partial charge in [0.2, 0.25) is 12.5 Å². The van der Waals surface area contributed by atoms with Gasteiger partial charge in [-0.2, -0.15) is 0 Å². The lowest BCUT2D eigenvalue weighted by molar-refractivity contribution is 0.174. The lowest BCUT2D eigenvalue weighted by atomic mass is 9.91. The van der Waals surface area contributed by atoms with Crippen molar-refractivity contribution in [3.8, 4) is 28.7 Å². The van der Waals surface area contributed by atoms with Crippen LogP contribution in [0.1, 0.15) is 11.1 Å². The lowest BCUT2D eigenvalue weighted by Crippen LogP contribution is -2.13. The van der Waals surface area contributed by atoms with E-state index in [2.05, 4.69) is 22.6 Å². The molecule has 0 saturated carbocycles. The van der Waals surface area contributed by atoms with Crippen molar-refractivity contribution in [1.29, 1.82) is 0 Å². The van der Waals surface area contributed by atoms with Crippen molar-refractivity contribution in [2.45, 2.75) is 5.60 Å². The van der Waals surface area contributed by atoms with E-state index < -0.39 is 5.60 Å². The molecule has 4 rings (SSSR count). The molecule has 0 aromatic heterocycles.